The van der Waals surface area contributed by atoms with E-state index in [4.69, 9.17) is 16.1 Å². The van der Waals surface area contributed by atoms with Gasteiger partial charge in [0, 0.05) is 28.9 Å². The van der Waals surface area contributed by atoms with Crippen LogP contribution < -0.4 is 10.6 Å². The molecule has 0 unspecified atom stereocenters. The molecule has 2 N–H and O–H groups in total. The Kier molecular flexibility index (Phi) is 6.07. The van der Waals surface area contributed by atoms with Crippen LogP contribution in [0.1, 0.15) is 23.9 Å². The summed E-state index contributed by atoms with van der Waals surface area (Å²) in [7, 11) is 1.88. The summed E-state index contributed by atoms with van der Waals surface area (Å²) in [5.41, 5.74) is 0.264. The van der Waals surface area contributed by atoms with Crippen molar-refractivity contribution in [2.45, 2.75) is 24.7 Å². The van der Waals surface area contributed by atoms with Crippen molar-refractivity contribution in [1.82, 2.24) is 20.4 Å². The van der Waals surface area contributed by atoms with Gasteiger partial charge >= 0.3 is 12.2 Å². The van der Waals surface area contributed by atoms with Gasteiger partial charge in [0.15, 0.2) is 0 Å². The lowest BCUT2D eigenvalue weighted by Gasteiger charge is -2.14. The Hall–Kier alpha value is -3.11. The number of nitrogens with zero attached hydrogens (tertiary/aromatic N) is 3. The summed E-state index contributed by atoms with van der Waals surface area (Å²) in [6, 6.07) is 10.4. The largest absolute Gasteiger partial charge is 0.416 e. The molecule has 1 aliphatic rings. The predicted molar refractivity (Wildman–Crippen MR) is 112 cm³/mol. The lowest BCUT2D eigenvalue weighted by Crippen LogP contribution is -2.39. The van der Waals surface area contributed by atoms with E-state index in [0.29, 0.717) is 29.7 Å². The minimum Gasteiger partial charge on any atom is -0.337 e. The average molecular weight is 466 g/mol. The van der Waals surface area contributed by atoms with Crippen LogP contribution in [0.2, 0.25) is 5.02 Å². The number of anilines is 1. The zero-order valence-electron chi connectivity index (χ0n) is 16.9. The van der Waals surface area contributed by atoms with E-state index in [1.54, 1.807) is 24.3 Å². The SMILES string of the molecule is CN1C[C@@H](NC(=O)Nc2ccc(C(F)(F)F)cc2)C[C@H]1c1nc(-c2ccc(Cl)cc2)no1. The van der Waals surface area contributed by atoms with Crippen LogP contribution in [0, 0.1) is 0 Å². The van der Waals surface area contributed by atoms with Gasteiger partial charge in [-0.2, -0.15) is 18.2 Å². The molecule has 7 nitrogen and oxygen atoms in total. The fraction of sp³-hybridized carbons (Fsp3) is 0.286. The van der Waals surface area contributed by atoms with Crippen molar-refractivity contribution in [3.8, 4) is 11.4 Å². The maximum atomic E-state index is 12.7. The molecule has 2 aromatic carbocycles. The van der Waals surface area contributed by atoms with E-state index in [1.165, 1.54) is 12.1 Å². The molecule has 0 spiro atoms. The molecule has 2 amide bonds. The summed E-state index contributed by atoms with van der Waals surface area (Å²) in [6.07, 6.45) is -3.88. The van der Waals surface area contributed by atoms with Gasteiger partial charge in [0.1, 0.15) is 0 Å². The standard InChI is InChI=1S/C21H19ClF3N5O2/c1-30-11-16(27-20(31)26-15-8-4-13(5-9-15)21(23,24)25)10-17(30)19-28-18(29-32-19)12-2-6-14(22)7-3-12/h2-9,16-17H,10-11H2,1H3,(H2,26,27,31)/t16-,17-/m0/s1. The number of urea groups is 1. The molecule has 168 valence electrons. The van der Waals surface area contributed by atoms with E-state index in [1.807, 2.05) is 11.9 Å². The number of nitrogens with one attached hydrogen (secondary N) is 2. The van der Waals surface area contributed by atoms with Crippen LogP contribution in [0.4, 0.5) is 23.7 Å². The maximum Gasteiger partial charge on any atom is 0.416 e. The van der Waals surface area contributed by atoms with E-state index >= 15 is 0 Å². The highest BCUT2D eigenvalue weighted by Gasteiger charge is 2.35. The third-order valence-corrected chi connectivity index (χ3v) is 5.43. The number of rotatable bonds is 4. The summed E-state index contributed by atoms with van der Waals surface area (Å²) in [6.45, 7) is 0.545. The first-order valence-electron chi connectivity index (χ1n) is 9.73. The Balaban J connectivity index is 1.35. The fourth-order valence-electron chi connectivity index (χ4n) is 3.57. The van der Waals surface area contributed by atoms with Gasteiger partial charge in [-0.1, -0.05) is 16.8 Å². The molecular weight excluding hydrogens is 447 g/mol. The summed E-state index contributed by atoms with van der Waals surface area (Å²) in [5, 5.41) is 10.0. The van der Waals surface area contributed by atoms with Crippen LogP contribution in [0.3, 0.4) is 0 Å². The van der Waals surface area contributed by atoms with Gasteiger partial charge in [0.2, 0.25) is 11.7 Å². The third-order valence-electron chi connectivity index (χ3n) is 5.18. The molecular formula is C21H19ClF3N5O2. The minimum absolute atomic E-state index is 0.181. The Bertz CT molecular complexity index is 1090. The molecule has 0 bridgehead atoms. The number of hydrogen-bond acceptors (Lipinski definition) is 5. The average Bonchev–Trinajstić information content (AvgIpc) is 3.35. The Morgan fingerprint density at radius 1 is 1.16 bits per heavy atom. The Morgan fingerprint density at radius 2 is 1.84 bits per heavy atom. The van der Waals surface area contributed by atoms with Gasteiger partial charge in [-0.3, -0.25) is 4.90 Å². The molecule has 2 atom stereocenters. The number of halogens is 4. The first kappa shape index (κ1) is 22.1. The maximum absolute atomic E-state index is 12.7. The van der Waals surface area contributed by atoms with Crippen molar-refractivity contribution in [3.05, 3.63) is 65.0 Å². The lowest BCUT2D eigenvalue weighted by molar-refractivity contribution is -0.137. The first-order chi connectivity index (χ1) is 15.2. The van der Waals surface area contributed by atoms with E-state index in [2.05, 4.69) is 20.8 Å². The van der Waals surface area contributed by atoms with E-state index in [0.717, 1.165) is 17.7 Å². The third kappa shape index (κ3) is 5.03. The monoisotopic (exact) mass is 465 g/mol. The molecule has 2 heterocycles. The van der Waals surface area contributed by atoms with Crippen molar-refractivity contribution in [1.29, 1.82) is 0 Å². The van der Waals surface area contributed by atoms with Crippen LogP contribution in [0.25, 0.3) is 11.4 Å². The van der Waals surface area contributed by atoms with Gasteiger partial charge in [0.05, 0.1) is 11.6 Å². The molecule has 0 saturated carbocycles. The van der Waals surface area contributed by atoms with Crippen LogP contribution >= 0.6 is 11.6 Å². The second kappa shape index (κ2) is 8.79. The number of likely N-dealkylation sites (N-methyl/N-ethyl adjacent to an activating group) is 1. The highest BCUT2D eigenvalue weighted by atomic mass is 35.5. The number of hydrogen-bond donors (Lipinski definition) is 2. The molecule has 1 aromatic heterocycles. The van der Waals surface area contributed by atoms with Crippen molar-refractivity contribution < 1.29 is 22.5 Å². The van der Waals surface area contributed by atoms with Crippen LogP contribution in [-0.2, 0) is 6.18 Å². The van der Waals surface area contributed by atoms with Crippen LogP contribution in [-0.4, -0.2) is 40.7 Å². The van der Waals surface area contributed by atoms with Gasteiger partial charge in [-0.15, -0.1) is 0 Å². The summed E-state index contributed by atoms with van der Waals surface area (Å²) >= 11 is 5.90. The smallest absolute Gasteiger partial charge is 0.337 e. The predicted octanol–water partition coefficient (Wildman–Crippen LogP) is 4.98. The quantitative estimate of drug-likeness (QED) is 0.568. The van der Waals surface area contributed by atoms with Crippen molar-refractivity contribution in [3.63, 3.8) is 0 Å². The van der Waals surface area contributed by atoms with Gasteiger partial charge < -0.3 is 15.2 Å². The molecule has 32 heavy (non-hydrogen) atoms. The second-order valence-corrected chi connectivity index (χ2v) is 7.96. The lowest BCUT2D eigenvalue weighted by atomic mass is 10.1. The molecule has 1 saturated heterocycles. The van der Waals surface area contributed by atoms with Crippen molar-refractivity contribution >= 4 is 23.3 Å². The highest BCUT2D eigenvalue weighted by molar-refractivity contribution is 6.30. The molecule has 4 rings (SSSR count). The van der Waals surface area contributed by atoms with E-state index in [-0.39, 0.29) is 17.8 Å². The summed E-state index contributed by atoms with van der Waals surface area (Å²) in [4.78, 5) is 18.7. The zero-order valence-corrected chi connectivity index (χ0v) is 17.6. The number of amides is 2. The van der Waals surface area contributed by atoms with Gasteiger partial charge in [-0.25, -0.2) is 4.79 Å². The van der Waals surface area contributed by atoms with Gasteiger partial charge in [0.25, 0.3) is 0 Å². The molecule has 11 heteroatoms. The molecule has 3 aromatic rings. The van der Waals surface area contributed by atoms with Crippen molar-refractivity contribution in [2.24, 2.45) is 0 Å². The van der Waals surface area contributed by atoms with E-state index < -0.39 is 17.8 Å². The zero-order chi connectivity index (χ0) is 22.9. The number of alkyl halides is 3. The number of carbonyl (C=O) groups is 1. The van der Waals surface area contributed by atoms with E-state index in [9.17, 15) is 18.0 Å². The topological polar surface area (TPSA) is 83.3 Å². The first-order valence-corrected chi connectivity index (χ1v) is 10.1. The molecule has 1 aliphatic heterocycles. The summed E-state index contributed by atoms with van der Waals surface area (Å²) < 4.78 is 43.4. The Labute approximate surface area is 186 Å². The molecule has 0 radical (unpaired) electrons. The van der Waals surface area contributed by atoms with Crippen molar-refractivity contribution in [2.75, 3.05) is 18.9 Å². The fourth-order valence-corrected chi connectivity index (χ4v) is 3.70. The highest BCUT2D eigenvalue weighted by Crippen LogP contribution is 2.32. The molecule has 1 fully saturated rings. The number of benzene rings is 2. The normalized spacial score (nSPS) is 19.2. The van der Waals surface area contributed by atoms with Crippen LogP contribution in [0.15, 0.2) is 53.1 Å². The number of aromatic nitrogens is 2. The molecule has 0 aliphatic carbocycles. The van der Waals surface area contributed by atoms with Gasteiger partial charge in [-0.05, 0) is 62.0 Å². The number of carbonyl (C=O) groups excluding carboxylic acids is 1. The minimum atomic E-state index is -4.42. The summed E-state index contributed by atoms with van der Waals surface area (Å²) in [5.74, 6) is 0.881. The second-order valence-electron chi connectivity index (χ2n) is 7.52. The van der Waals surface area contributed by atoms with Crippen LogP contribution in [0.5, 0.6) is 0 Å². The Morgan fingerprint density at radius 3 is 2.50 bits per heavy atom. The number of likely N-dealkylation sites (tertiary alicyclic amines) is 1.